The first kappa shape index (κ1) is 18.4. The number of rotatable bonds is 4. The predicted octanol–water partition coefficient (Wildman–Crippen LogP) is 4.40. The van der Waals surface area contributed by atoms with Crippen LogP contribution in [0.25, 0.3) is 10.2 Å². The van der Waals surface area contributed by atoms with Crippen molar-refractivity contribution in [2.45, 2.75) is 6.54 Å². The fourth-order valence-electron chi connectivity index (χ4n) is 2.81. The average molecular weight is 410 g/mol. The lowest BCUT2D eigenvalue weighted by Crippen LogP contribution is -2.32. The Labute approximate surface area is 170 Å². The molecule has 7 heteroatoms. The van der Waals surface area contributed by atoms with E-state index in [1.54, 1.807) is 42.1 Å². The SMILES string of the molecule is COc1cccc(Cn2c(=O)c3cccnc3s/c2=N\c2ccc(Cl)cc2)c1. The summed E-state index contributed by atoms with van der Waals surface area (Å²) in [6, 6.07) is 18.4. The van der Waals surface area contributed by atoms with Crippen molar-refractivity contribution >= 4 is 38.8 Å². The quantitative estimate of drug-likeness (QED) is 0.502. The van der Waals surface area contributed by atoms with Gasteiger partial charge in [0.15, 0.2) is 4.80 Å². The van der Waals surface area contributed by atoms with E-state index in [9.17, 15) is 4.79 Å². The van der Waals surface area contributed by atoms with Crippen LogP contribution >= 0.6 is 22.9 Å². The molecule has 0 saturated heterocycles. The lowest BCUT2D eigenvalue weighted by Gasteiger charge is -2.09. The van der Waals surface area contributed by atoms with E-state index < -0.39 is 0 Å². The van der Waals surface area contributed by atoms with Gasteiger partial charge in [-0.1, -0.05) is 35.1 Å². The van der Waals surface area contributed by atoms with Crippen LogP contribution in [0.1, 0.15) is 5.56 Å². The van der Waals surface area contributed by atoms with Crippen molar-refractivity contribution in [2.24, 2.45) is 4.99 Å². The Morgan fingerprint density at radius 2 is 1.96 bits per heavy atom. The first-order chi connectivity index (χ1) is 13.6. The van der Waals surface area contributed by atoms with Crippen molar-refractivity contribution in [1.29, 1.82) is 0 Å². The highest BCUT2D eigenvalue weighted by molar-refractivity contribution is 7.15. The molecule has 0 radical (unpaired) electrons. The lowest BCUT2D eigenvalue weighted by atomic mass is 10.2. The van der Waals surface area contributed by atoms with Gasteiger partial charge < -0.3 is 4.74 Å². The maximum atomic E-state index is 13.2. The van der Waals surface area contributed by atoms with Crippen LogP contribution in [-0.2, 0) is 6.54 Å². The topological polar surface area (TPSA) is 56.5 Å². The van der Waals surface area contributed by atoms with Gasteiger partial charge in [-0.3, -0.25) is 9.36 Å². The van der Waals surface area contributed by atoms with E-state index in [1.165, 1.54) is 11.3 Å². The van der Waals surface area contributed by atoms with Crippen LogP contribution < -0.4 is 15.1 Å². The number of methoxy groups -OCH3 is 1. The highest BCUT2D eigenvalue weighted by Gasteiger charge is 2.09. The van der Waals surface area contributed by atoms with Crippen molar-refractivity contribution in [3.05, 3.63) is 92.6 Å². The van der Waals surface area contributed by atoms with Gasteiger partial charge in [-0.05, 0) is 54.1 Å². The molecule has 4 aromatic rings. The van der Waals surface area contributed by atoms with Crippen LogP contribution in [-0.4, -0.2) is 16.7 Å². The summed E-state index contributed by atoms with van der Waals surface area (Å²) in [7, 11) is 1.62. The standard InChI is InChI=1S/C21H16ClN3O2S/c1-27-17-5-2-4-14(12-17)13-25-20(26)18-6-3-11-23-19(18)28-21(25)24-16-9-7-15(22)8-10-16/h2-12H,13H2,1H3/b24-21-. The van der Waals surface area contributed by atoms with E-state index in [0.717, 1.165) is 17.0 Å². The largest absolute Gasteiger partial charge is 0.497 e. The number of ether oxygens (including phenoxy) is 1. The minimum absolute atomic E-state index is 0.127. The molecular weight excluding hydrogens is 394 g/mol. The third-order valence-electron chi connectivity index (χ3n) is 4.19. The van der Waals surface area contributed by atoms with Gasteiger partial charge in [0.25, 0.3) is 5.56 Å². The van der Waals surface area contributed by atoms with Crippen LogP contribution in [0.5, 0.6) is 5.75 Å². The normalized spacial score (nSPS) is 11.7. The van der Waals surface area contributed by atoms with Gasteiger partial charge >= 0.3 is 0 Å². The number of fused-ring (bicyclic) bond motifs is 1. The van der Waals surface area contributed by atoms with Crippen molar-refractivity contribution in [2.75, 3.05) is 7.11 Å². The number of benzene rings is 2. The first-order valence-electron chi connectivity index (χ1n) is 8.56. The Morgan fingerprint density at radius 3 is 2.75 bits per heavy atom. The minimum Gasteiger partial charge on any atom is -0.497 e. The molecule has 0 N–H and O–H groups in total. The predicted molar refractivity (Wildman–Crippen MR) is 113 cm³/mol. The summed E-state index contributed by atoms with van der Waals surface area (Å²) in [6.45, 7) is 0.379. The molecule has 5 nitrogen and oxygen atoms in total. The molecule has 0 bridgehead atoms. The average Bonchev–Trinajstić information content (AvgIpc) is 2.73. The van der Waals surface area contributed by atoms with Crippen molar-refractivity contribution < 1.29 is 4.74 Å². The van der Waals surface area contributed by atoms with Crippen LogP contribution in [0.2, 0.25) is 5.02 Å². The van der Waals surface area contributed by atoms with Gasteiger partial charge in [0.1, 0.15) is 10.6 Å². The van der Waals surface area contributed by atoms with Crippen molar-refractivity contribution in [1.82, 2.24) is 9.55 Å². The molecule has 2 aromatic carbocycles. The van der Waals surface area contributed by atoms with Gasteiger partial charge in [0.05, 0.1) is 24.7 Å². The van der Waals surface area contributed by atoms with Gasteiger partial charge in [-0.15, -0.1) is 0 Å². The second-order valence-corrected chi connectivity index (χ2v) is 7.46. The number of nitrogens with zero attached hydrogens (tertiary/aromatic N) is 3. The molecule has 0 unspecified atom stereocenters. The molecule has 2 aromatic heterocycles. The van der Waals surface area contributed by atoms with Crippen molar-refractivity contribution in [3.8, 4) is 5.75 Å². The summed E-state index contributed by atoms with van der Waals surface area (Å²) in [6.07, 6.45) is 1.68. The molecule has 0 saturated carbocycles. The zero-order valence-electron chi connectivity index (χ0n) is 15.0. The molecule has 2 heterocycles. The number of aromatic nitrogens is 2. The van der Waals surface area contributed by atoms with Crippen LogP contribution in [0.3, 0.4) is 0 Å². The Hall–Kier alpha value is -2.96. The van der Waals surface area contributed by atoms with Gasteiger partial charge in [0, 0.05) is 11.2 Å². The number of hydrogen-bond donors (Lipinski definition) is 0. The third kappa shape index (κ3) is 3.83. The zero-order valence-corrected chi connectivity index (χ0v) is 16.6. The van der Waals surface area contributed by atoms with Gasteiger partial charge in [-0.2, -0.15) is 0 Å². The lowest BCUT2D eigenvalue weighted by molar-refractivity contribution is 0.414. The van der Waals surface area contributed by atoms with Crippen LogP contribution in [0.4, 0.5) is 5.69 Å². The van der Waals surface area contributed by atoms with E-state index in [4.69, 9.17) is 16.3 Å². The van der Waals surface area contributed by atoms with Crippen LogP contribution in [0.15, 0.2) is 76.6 Å². The fourth-order valence-corrected chi connectivity index (χ4v) is 3.90. The Balaban J connectivity index is 1.93. The highest BCUT2D eigenvalue weighted by Crippen LogP contribution is 2.17. The van der Waals surface area contributed by atoms with Crippen LogP contribution in [0, 0.1) is 0 Å². The first-order valence-corrected chi connectivity index (χ1v) is 9.75. The Kier molecular flexibility index (Phi) is 5.23. The number of hydrogen-bond acceptors (Lipinski definition) is 5. The smallest absolute Gasteiger partial charge is 0.263 e. The molecule has 28 heavy (non-hydrogen) atoms. The highest BCUT2D eigenvalue weighted by atomic mass is 35.5. The van der Waals surface area contributed by atoms with E-state index in [2.05, 4.69) is 9.98 Å². The summed E-state index contributed by atoms with van der Waals surface area (Å²) in [5.74, 6) is 0.743. The zero-order chi connectivity index (χ0) is 19.5. The molecule has 140 valence electrons. The molecule has 4 rings (SSSR count). The van der Waals surface area contributed by atoms with E-state index in [1.807, 2.05) is 36.4 Å². The molecule has 0 amide bonds. The summed E-state index contributed by atoms with van der Waals surface area (Å²) in [4.78, 5) is 23.4. The maximum Gasteiger partial charge on any atom is 0.263 e. The summed E-state index contributed by atoms with van der Waals surface area (Å²) < 4.78 is 6.96. The van der Waals surface area contributed by atoms with E-state index in [0.29, 0.717) is 26.6 Å². The van der Waals surface area contributed by atoms with E-state index >= 15 is 0 Å². The second kappa shape index (κ2) is 7.96. The number of pyridine rings is 1. The van der Waals surface area contributed by atoms with Gasteiger partial charge in [-0.25, -0.2) is 9.98 Å². The molecular formula is C21H16ClN3O2S. The second-order valence-electron chi connectivity index (χ2n) is 6.07. The molecule has 0 fully saturated rings. The van der Waals surface area contributed by atoms with Gasteiger partial charge in [0.2, 0.25) is 0 Å². The molecule has 0 atom stereocenters. The summed E-state index contributed by atoms with van der Waals surface area (Å²) in [5, 5.41) is 1.21. The molecule has 0 aliphatic rings. The molecule has 0 aliphatic carbocycles. The Bertz CT molecular complexity index is 1260. The molecule has 0 spiro atoms. The summed E-state index contributed by atoms with van der Waals surface area (Å²) >= 11 is 7.35. The minimum atomic E-state index is -0.127. The monoisotopic (exact) mass is 409 g/mol. The fraction of sp³-hybridized carbons (Fsp3) is 0.0952. The van der Waals surface area contributed by atoms with E-state index in [-0.39, 0.29) is 5.56 Å². The van der Waals surface area contributed by atoms with Crippen molar-refractivity contribution in [3.63, 3.8) is 0 Å². The Morgan fingerprint density at radius 1 is 1.14 bits per heavy atom. The summed E-state index contributed by atoms with van der Waals surface area (Å²) in [5.41, 5.74) is 1.54. The maximum absolute atomic E-state index is 13.2. The third-order valence-corrected chi connectivity index (χ3v) is 5.46. The number of halogens is 1. The molecule has 0 aliphatic heterocycles.